The predicted molar refractivity (Wildman–Crippen MR) is 98.5 cm³/mol. The Hall–Kier alpha value is -2.87. The fraction of sp³-hybridized carbons (Fsp3) is 0.222. The number of ether oxygens (including phenoxy) is 2. The molecule has 26 heavy (non-hydrogen) atoms. The van der Waals surface area contributed by atoms with Crippen LogP contribution >= 0.6 is 11.8 Å². The van der Waals surface area contributed by atoms with E-state index in [9.17, 15) is 4.79 Å². The number of hydrogen-bond acceptors (Lipinski definition) is 7. The Morgan fingerprint density at radius 3 is 2.58 bits per heavy atom. The van der Waals surface area contributed by atoms with Gasteiger partial charge >= 0.3 is 0 Å². The highest BCUT2D eigenvalue weighted by molar-refractivity contribution is 7.99. The summed E-state index contributed by atoms with van der Waals surface area (Å²) in [6.45, 7) is 1.98. The molecule has 2 aromatic carbocycles. The Kier molecular flexibility index (Phi) is 5.52. The Morgan fingerprint density at radius 2 is 1.88 bits per heavy atom. The molecule has 3 aromatic rings. The normalized spacial score (nSPS) is 10.6. The SMILES string of the molecule is COc1ccc(C(=O)CSc2nnnn2-c2cc(C)ccc2OC)cc1. The summed E-state index contributed by atoms with van der Waals surface area (Å²) in [4.78, 5) is 12.4. The number of aryl methyl sites for hydroxylation is 1. The van der Waals surface area contributed by atoms with Gasteiger partial charge in [-0.25, -0.2) is 0 Å². The van der Waals surface area contributed by atoms with Gasteiger partial charge in [0.15, 0.2) is 5.78 Å². The topological polar surface area (TPSA) is 79.1 Å². The van der Waals surface area contributed by atoms with Gasteiger partial charge in [-0.1, -0.05) is 17.8 Å². The van der Waals surface area contributed by atoms with Crippen molar-refractivity contribution < 1.29 is 14.3 Å². The van der Waals surface area contributed by atoms with Crippen LogP contribution in [0.5, 0.6) is 11.5 Å². The van der Waals surface area contributed by atoms with Gasteiger partial charge in [-0.3, -0.25) is 4.79 Å². The number of carbonyl (C=O) groups excluding carboxylic acids is 1. The molecule has 1 aromatic heterocycles. The smallest absolute Gasteiger partial charge is 0.214 e. The Morgan fingerprint density at radius 1 is 1.12 bits per heavy atom. The summed E-state index contributed by atoms with van der Waals surface area (Å²) in [5, 5.41) is 12.3. The molecule has 1 heterocycles. The Bertz CT molecular complexity index is 909. The van der Waals surface area contributed by atoms with E-state index in [0.717, 1.165) is 11.3 Å². The number of ketones is 1. The van der Waals surface area contributed by atoms with Crippen molar-refractivity contribution in [2.75, 3.05) is 20.0 Å². The monoisotopic (exact) mass is 370 g/mol. The van der Waals surface area contributed by atoms with E-state index in [1.807, 2.05) is 25.1 Å². The summed E-state index contributed by atoms with van der Waals surface area (Å²) in [5.41, 5.74) is 2.41. The predicted octanol–water partition coefficient (Wildman–Crippen LogP) is 2.96. The number of tetrazole rings is 1. The van der Waals surface area contributed by atoms with Crippen molar-refractivity contribution >= 4 is 17.5 Å². The minimum atomic E-state index is -0.0107. The number of Topliss-reactive ketones (excluding diaryl/α,β-unsaturated/α-hetero) is 1. The van der Waals surface area contributed by atoms with Gasteiger partial charge in [0.05, 0.1) is 20.0 Å². The molecular weight excluding hydrogens is 352 g/mol. The molecule has 0 radical (unpaired) electrons. The van der Waals surface area contributed by atoms with Crippen molar-refractivity contribution in [3.63, 3.8) is 0 Å². The molecule has 0 unspecified atom stereocenters. The summed E-state index contributed by atoms with van der Waals surface area (Å²) >= 11 is 1.28. The zero-order chi connectivity index (χ0) is 18.5. The van der Waals surface area contributed by atoms with Gasteiger partial charge in [-0.15, -0.1) is 5.10 Å². The highest BCUT2D eigenvalue weighted by Crippen LogP contribution is 2.27. The van der Waals surface area contributed by atoms with E-state index in [2.05, 4.69) is 15.5 Å². The van der Waals surface area contributed by atoms with Crippen LogP contribution in [-0.4, -0.2) is 46.0 Å². The molecule has 0 saturated heterocycles. The number of carbonyl (C=O) groups is 1. The second-order valence-corrected chi connectivity index (χ2v) is 6.43. The lowest BCUT2D eigenvalue weighted by molar-refractivity contribution is 0.102. The third kappa shape index (κ3) is 3.85. The summed E-state index contributed by atoms with van der Waals surface area (Å²) in [5.74, 6) is 1.58. The first-order valence-electron chi connectivity index (χ1n) is 7.86. The number of rotatable bonds is 7. The highest BCUT2D eigenvalue weighted by atomic mass is 32.2. The number of thioether (sulfide) groups is 1. The van der Waals surface area contributed by atoms with E-state index in [-0.39, 0.29) is 11.5 Å². The van der Waals surface area contributed by atoms with Gasteiger partial charge in [0.25, 0.3) is 0 Å². The molecule has 0 N–H and O–H groups in total. The van der Waals surface area contributed by atoms with Crippen molar-refractivity contribution in [3.8, 4) is 17.2 Å². The van der Waals surface area contributed by atoms with Gasteiger partial charge in [-0.2, -0.15) is 4.68 Å². The van der Waals surface area contributed by atoms with E-state index in [1.54, 1.807) is 43.2 Å². The molecule has 0 aliphatic carbocycles. The number of aromatic nitrogens is 4. The molecule has 8 heteroatoms. The minimum Gasteiger partial charge on any atom is -0.497 e. The fourth-order valence-corrected chi connectivity index (χ4v) is 3.15. The van der Waals surface area contributed by atoms with Crippen molar-refractivity contribution in [2.45, 2.75) is 12.1 Å². The first-order chi connectivity index (χ1) is 12.6. The van der Waals surface area contributed by atoms with E-state index in [4.69, 9.17) is 9.47 Å². The Labute approximate surface area is 155 Å². The molecule has 3 rings (SSSR count). The first-order valence-corrected chi connectivity index (χ1v) is 8.84. The van der Waals surface area contributed by atoms with E-state index < -0.39 is 0 Å². The molecule has 7 nitrogen and oxygen atoms in total. The third-order valence-corrected chi connectivity index (χ3v) is 4.67. The molecule has 0 fully saturated rings. The lowest BCUT2D eigenvalue weighted by Crippen LogP contribution is -2.06. The van der Waals surface area contributed by atoms with E-state index >= 15 is 0 Å². The average Bonchev–Trinajstić information content (AvgIpc) is 3.14. The van der Waals surface area contributed by atoms with Gasteiger partial charge < -0.3 is 9.47 Å². The van der Waals surface area contributed by atoms with Crippen LogP contribution in [0.15, 0.2) is 47.6 Å². The molecule has 0 bridgehead atoms. The van der Waals surface area contributed by atoms with Crippen LogP contribution in [-0.2, 0) is 0 Å². The van der Waals surface area contributed by atoms with Crippen molar-refractivity contribution in [1.29, 1.82) is 0 Å². The summed E-state index contributed by atoms with van der Waals surface area (Å²) in [7, 11) is 3.19. The largest absolute Gasteiger partial charge is 0.497 e. The number of nitrogens with zero attached hydrogens (tertiary/aromatic N) is 4. The van der Waals surface area contributed by atoms with Crippen molar-refractivity contribution in [1.82, 2.24) is 20.2 Å². The quantitative estimate of drug-likeness (QED) is 0.467. The third-order valence-electron chi connectivity index (χ3n) is 3.75. The van der Waals surface area contributed by atoms with Gasteiger partial charge in [0, 0.05) is 5.56 Å². The number of methoxy groups -OCH3 is 2. The van der Waals surface area contributed by atoms with Crippen molar-refractivity contribution in [2.24, 2.45) is 0 Å². The standard InChI is InChI=1S/C18H18N4O3S/c1-12-4-9-17(25-3)15(10-12)22-18(19-20-21-22)26-11-16(23)13-5-7-14(24-2)8-6-13/h4-10H,11H2,1-3H3. The van der Waals surface area contributed by atoms with Gasteiger partial charge in [-0.05, 0) is 59.3 Å². The van der Waals surface area contributed by atoms with Gasteiger partial charge in [0.1, 0.15) is 17.2 Å². The molecule has 0 saturated carbocycles. The van der Waals surface area contributed by atoms with Crippen molar-refractivity contribution in [3.05, 3.63) is 53.6 Å². The average molecular weight is 370 g/mol. The minimum absolute atomic E-state index is 0.0107. The molecule has 134 valence electrons. The molecule has 0 spiro atoms. The fourth-order valence-electron chi connectivity index (χ4n) is 2.38. The second-order valence-electron chi connectivity index (χ2n) is 5.49. The second kappa shape index (κ2) is 8.01. The molecule has 0 amide bonds. The molecule has 0 aliphatic rings. The number of hydrogen-bond donors (Lipinski definition) is 0. The number of benzene rings is 2. The zero-order valence-corrected chi connectivity index (χ0v) is 15.5. The summed E-state index contributed by atoms with van der Waals surface area (Å²) in [6, 6.07) is 12.8. The van der Waals surface area contributed by atoms with Crippen LogP contribution < -0.4 is 9.47 Å². The Balaban J connectivity index is 1.77. The summed E-state index contributed by atoms with van der Waals surface area (Å²) < 4.78 is 12.1. The molecular formula is C18H18N4O3S. The van der Waals surface area contributed by atoms with Crippen LogP contribution in [0, 0.1) is 6.92 Å². The van der Waals surface area contributed by atoms with Crippen LogP contribution in [0.25, 0.3) is 5.69 Å². The molecule has 0 aliphatic heterocycles. The molecule has 0 atom stereocenters. The lowest BCUT2D eigenvalue weighted by Gasteiger charge is -2.10. The van der Waals surface area contributed by atoms with Gasteiger partial charge in [0.2, 0.25) is 5.16 Å². The van der Waals surface area contributed by atoms with Crippen LogP contribution in [0.2, 0.25) is 0 Å². The van der Waals surface area contributed by atoms with Crippen LogP contribution in [0.4, 0.5) is 0 Å². The van der Waals surface area contributed by atoms with Crippen LogP contribution in [0.1, 0.15) is 15.9 Å². The first kappa shape index (κ1) is 17.9. The maximum atomic E-state index is 12.4. The highest BCUT2D eigenvalue weighted by Gasteiger charge is 2.16. The summed E-state index contributed by atoms with van der Waals surface area (Å²) in [6.07, 6.45) is 0. The van der Waals surface area contributed by atoms with Crippen LogP contribution in [0.3, 0.4) is 0 Å². The zero-order valence-electron chi connectivity index (χ0n) is 14.7. The lowest BCUT2D eigenvalue weighted by atomic mass is 10.1. The van der Waals surface area contributed by atoms with E-state index in [0.29, 0.717) is 22.2 Å². The maximum Gasteiger partial charge on any atom is 0.214 e. The van der Waals surface area contributed by atoms with E-state index in [1.165, 1.54) is 11.8 Å². The maximum absolute atomic E-state index is 12.4.